The maximum atomic E-state index is 13.2. The number of carbonyl (C=O) groups excluding carboxylic acids is 2. The zero-order valence-electron chi connectivity index (χ0n) is 19.3. The first-order valence-corrected chi connectivity index (χ1v) is 11.0. The lowest BCUT2D eigenvalue weighted by atomic mass is 10.1. The quantitative estimate of drug-likeness (QED) is 0.404. The molecule has 2 N–H and O–H groups in total. The average Bonchev–Trinajstić information content (AvgIpc) is 3.27. The van der Waals surface area contributed by atoms with Crippen molar-refractivity contribution in [3.63, 3.8) is 0 Å². The number of nitrogens with zero attached hydrogens (tertiary/aromatic N) is 3. The molecular formula is C26H24FN5O3. The molecule has 0 aliphatic heterocycles. The van der Waals surface area contributed by atoms with Crippen molar-refractivity contribution in [2.45, 2.75) is 13.3 Å². The van der Waals surface area contributed by atoms with E-state index in [4.69, 9.17) is 4.74 Å². The molecule has 1 aromatic heterocycles. The van der Waals surface area contributed by atoms with Gasteiger partial charge >= 0.3 is 0 Å². The van der Waals surface area contributed by atoms with Gasteiger partial charge in [-0.25, -0.2) is 14.1 Å². The van der Waals surface area contributed by atoms with Crippen molar-refractivity contribution >= 4 is 17.5 Å². The minimum atomic E-state index is -0.563. The Morgan fingerprint density at radius 2 is 1.69 bits per heavy atom. The molecule has 4 rings (SSSR count). The molecule has 3 aromatic carbocycles. The first kappa shape index (κ1) is 23.6. The van der Waals surface area contributed by atoms with Gasteiger partial charge in [-0.1, -0.05) is 24.3 Å². The number of nitrogens with one attached hydrogen (secondary N) is 2. The van der Waals surface area contributed by atoms with Crippen LogP contribution in [0.1, 0.15) is 32.4 Å². The Kier molecular flexibility index (Phi) is 7.15. The molecule has 0 aliphatic carbocycles. The molecule has 8 nitrogen and oxygen atoms in total. The van der Waals surface area contributed by atoms with E-state index in [9.17, 15) is 14.0 Å². The van der Waals surface area contributed by atoms with Crippen molar-refractivity contribution < 1.29 is 18.7 Å². The van der Waals surface area contributed by atoms with E-state index < -0.39 is 5.91 Å². The Balaban J connectivity index is 1.42. The molecule has 0 atom stereocenters. The summed E-state index contributed by atoms with van der Waals surface area (Å²) >= 11 is 0. The number of benzene rings is 3. The second-order valence-electron chi connectivity index (χ2n) is 7.72. The van der Waals surface area contributed by atoms with Crippen molar-refractivity contribution in [1.29, 1.82) is 0 Å². The highest BCUT2D eigenvalue weighted by Gasteiger charge is 2.18. The number of anilines is 1. The van der Waals surface area contributed by atoms with E-state index >= 15 is 0 Å². The standard InChI is InChI=1S/C26H24FN5O3/c1-17-29-24(31-32(17)20-11-9-19(27)10-12-20)26(34)30-23-6-4-3-5-22(23)25(33)28-16-15-18-7-13-21(35-2)14-8-18/h3-14H,15-16H2,1-2H3,(H,28,33)(H,30,34). The highest BCUT2D eigenvalue weighted by molar-refractivity contribution is 6.07. The van der Waals surface area contributed by atoms with E-state index in [-0.39, 0.29) is 17.5 Å². The Bertz CT molecular complexity index is 1330. The average molecular weight is 474 g/mol. The Morgan fingerprint density at radius 3 is 2.40 bits per heavy atom. The summed E-state index contributed by atoms with van der Waals surface area (Å²) in [7, 11) is 1.61. The largest absolute Gasteiger partial charge is 0.497 e. The SMILES string of the molecule is COc1ccc(CCNC(=O)c2ccccc2NC(=O)c2nc(C)n(-c3ccc(F)cc3)n2)cc1. The maximum absolute atomic E-state index is 13.2. The lowest BCUT2D eigenvalue weighted by Crippen LogP contribution is -2.27. The molecule has 0 saturated heterocycles. The van der Waals surface area contributed by atoms with Crippen molar-refractivity contribution in [2.24, 2.45) is 0 Å². The van der Waals surface area contributed by atoms with Gasteiger partial charge in [0.05, 0.1) is 24.0 Å². The second-order valence-corrected chi connectivity index (χ2v) is 7.72. The third kappa shape index (κ3) is 5.70. The molecule has 0 spiro atoms. The fraction of sp³-hybridized carbons (Fsp3) is 0.154. The molecular weight excluding hydrogens is 449 g/mol. The van der Waals surface area contributed by atoms with E-state index in [1.165, 1.54) is 16.8 Å². The van der Waals surface area contributed by atoms with E-state index in [1.807, 2.05) is 24.3 Å². The third-order valence-electron chi connectivity index (χ3n) is 5.32. The second kappa shape index (κ2) is 10.6. The highest BCUT2D eigenvalue weighted by atomic mass is 19.1. The van der Waals surface area contributed by atoms with E-state index in [0.29, 0.717) is 35.7 Å². The van der Waals surface area contributed by atoms with Crippen LogP contribution in [0.5, 0.6) is 5.75 Å². The van der Waals surface area contributed by atoms with Gasteiger partial charge in [-0.2, -0.15) is 0 Å². The molecule has 0 aliphatic rings. The summed E-state index contributed by atoms with van der Waals surface area (Å²) in [6.07, 6.45) is 0.647. The lowest BCUT2D eigenvalue weighted by molar-refractivity contribution is 0.0955. The van der Waals surface area contributed by atoms with Crippen LogP contribution in [0, 0.1) is 12.7 Å². The van der Waals surface area contributed by atoms with Crippen molar-refractivity contribution in [1.82, 2.24) is 20.1 Å². The predicted molar refractivity (Wildman–Crippen MR) is 129 cm³/mol. The monoisotopic (exact) mass is 473 g/mol. The predicted octanol–water partition coefficient (Wildman–Crippen LogP) is 3.95. The van der Waals surface area contributed by atoms with E-state index in [2.05, 4.69) is 20.7 Å². The third-order valence-corrected chi connectivity index (χ3v) is 5.32. The van der Waals surface area contributed by atoms with Gasteiger partial charge in [-0.05, 0) is 67.4 Å². The highest BCUT2D eigenvalue weighted by Crippen LogP contribution is 2.17. The first-order valence-electron chi connectivity index (χ1n) is 11.0. The molecule has 9 heteroatoms. The number of hydrogen-bond donors (Lipinski definition) is 2. The van der Waals surface area contributed by atoms with Gasteiger partial charge in [0.25, 0.3) is 11.8 Å². The number of para-hydroxylation sites is 1. The van der Waals surface area contributed by atoms with Crippen LogP contribution in [-0.4, -0.2) is 40.2 Å². The van der Waals surface area contributed by atoms with Crippen molar-refractivity contribution in [3.8, 4) is 11.4 Å². The van der Waals surface area contributed by atoms with Crippen LogP contribution in [0.3, 0.4) is 0 Å². The number of aromatic nitrogens is 3. The number of ether oxygens (including phenoxy) is 1. The van der Waals surface area contributed by atoms with Crippen LogP contribution in [0.2, 0.25) is 0 Å². The van der Waals surface area contributed by atoms with Crippen molar-refractivity contribution in [2.75, 3.05) is 19.0 Å². The van der Waals surface area contributed by atoms with Gasteiger partial charge in [0.2, 0.25) is 5.82 Å². The van der Waals surface area contributed by atoms with Crippen LogP contribution in [0.4, 0.5) is 10.1 Å². The number of rotatable bonds is 8. The zero-order chi connectivity index (χ0) is 24.8. The van der Waals surface area contributed by atoms with Crippen LogP contribution < -0.4 is 15.4 Å². The smallest absolute Gasteiger partial charge is 0.295 e. The fourth-order valence-corrected chi connectivity index (χ4v) is 3.49. The van der Waals surface area contributed by atoms with Crippen LogP contribution in [0.25, 0.3) is 5.69 Å². The number of hydrogen-bond acceptors (Lipinski definition) is 5. The Morgan fingerprint density at radius 1 is 0.971 bits per heavy atom. The van der Waals surface area contributed by atoms with Gasteiger partial charge in [-0.3, -0.25) is 9.59 Å². The maximum Gasteiger partial charge on any atom is 0.295 e. The summed E-state index contributed by atoms with van der Waals surface area (Å²) in [5, 5.41) is 9.84. The minimum absolute atomic E-state index is 0.0680. The minimum Gasteiger partial charge on any atom is -0.497 e. The van der Waals surface area contributed by atoms with E-state index in [1.54, 1.807) is 50.4 Å². The zero-order valence-corrected chi connectivity index (χ0v) is 19.3. The number of halogens is 1. The lowest BCUT2D eigenvalue weighted by Gasteiger charge is -2.11. The van der Waals surface area contributed by atoms with Gasteiger partial charge in [0.1, 0.15) is 17.4 Å². The van der Waals surface area contributed by atoms with Gasteiger partial charge in [0.15, 0.2) is 0 Å². The molecule has 35 heavy (non-hydrogen) atoms. The molecule has 0 radical (unpaired) electrons. The van der Waals surface area contributed by atoms with Gasteiger partial charge in [-0.15, -0.1) is 5.10 Å². The summed E-state index contributed by atoms with van der Waals surface area (Å²) in [5.41, 5.74) is 2.30. The Hall–Kier alpha value is -4.53. The number of carbonyl (C=O) groups is 2. The first-order chi connectivity index (χ1) is 16.9. The molecule has 0 saturated carbocycles. The van der Waals surface area contributed by atoms with Crippen LogP contribution in [-0.2, 0) is 6.42 Å². The molecule has 0 unspecified atom stereocenters. The Labute approximate surface area is 201 Å². The van der Waals surface area contributed by atoms with Crippen LogP contribution in [0.15, 0.2) is 72.8 Å². The summed E-state index contributed by atoms with van der Waals surface area (Å²) < 4.78 is 19.8. The summed E-state index contributed by atoms with van der Waals surface area (Å²) in [4.78, 5) is 29.8. The number of aryl methyl sites for hydroxylation is 1. The molecule has 2 amide bonds. The van der Waals surface area contributed by atoms with E-state index in [0.717, 1.165) is 11.3 Å². The number of amides is 2. The molecule has 0 bridgehead atoms. The fourth-order valence-electron chi connectivity index (χ4n) is 3.49. The molecule has 0 fully saturated rings. The summed E-state index contributed by atoms with van der Waals surface area (Å²) in [5.74, 6) is -0.0753. The van der Waals surface area contributed by atoms with Gasteiger partial charge in [0, 0.05) is 6.54 Å². The van der Waals surface area contributed by atoms with Gasteiger partial charge < -0.3 is 15.4 Å². The van der Waals surface area contributed by atoms with Crippen molar-refractivity contribution in [3.05, 3.63) is 101 Å². The summed E-state index contributed by atoms with van der Waals surface area (Å²) in [6.45, 7) is 2.12. The number of methoxy groups -OCH3 is 1. The topological polar surface area (TPSA) is 98.1 Å². The molecule has 1 heterocycles. The molecule has 178 valence electrons. The van der Waals surface area contributed by atoms with Crippen LogP contribution >= 0.6 is 0 Å². The summed E-state index contributed by atoms with van der Waals surface area (Å²) in [6, 6.07) is 20.0. The molecule has 4 aromatic rings. The normalized spacial score (nSPS) is 10.6.